The van der Waals surface area contributed by atoms with Gasteiger partial charge in [0.15, 0.2) is 0 Å². The molecule has 0 fully saturated rings. The molecule has 0 aliphatic heterocycles. The maximum atomic E-state index is 13.1. The Balaban J connectivity index is 3.14. The lowest BCUT2D eigenvalue weighted by atomic mass is 10.1. The molecule has 9 heteroatoms. The second-order valence-corrected chi connectivity index (χ2v) is 2.93. The largest absolute Gasteiger partial charge is 0.481 e. The minimum Gasteiger partial charge on any atom is -0.481 e. The summed E-state index contributed by atoms with van der Waals surface area (Å²) in [5.41, 5.74) is -3.21. The van der Waals surface area contributed by atoms with Gasteiger partial charge in [0, 0.05) is 0 Å². The van der Waals surface area contributed by atoms with Gasteiger partial charge in [-0.3, -0.25) is 9.89 Å². The third kappa shape index (κ3) is 2.47. The molecule has 0 saturated heterocycles. The fourth-order valence-electron chi connectivity index (χ4n) is 1.06. The van der Waals surface area contributed by atoms with Crippen LogP contribution in [-0.2, 0) is 16.9 Å². The van der Waals surface area contributed by atoms with Crippen molar-refractivity contribution in [3.63, 3.8) is 0 Å². The van der Waals surface area contributed by atoms with Gasteiger partial charge in [0.2, 0.25) is 0 Å². The lowest BCUT2D eigenvalue weighted by Gasteiger charge is -2.15. The standard InChI is InChI=1S/C7H5F5N2O2/c8-6(9,1-4(15)16)3-2-13-14-5(3)7(10,11)12/h2H,1H2,(H,13,14)(H,15,16). The van der Waals surface area contributed by atoms with Crippen LogP contribution in [0.4, 0.5) is 22.0 Å². The van der Waals surface area contributed by atoms with Crippen LogP contribution in [0.3, 0.4) is 0 Å². The van der Waals surface area contributed by atoms with Crippen LogP contribution in [0.2, 0.25) is 0 Å². The van der Waals surface area contributed by atoms with Crippen molar-refractivity contribution in [1.82, 2.24) is 10.2 Å². The molecule has 0 saturated carbocycles. The normalized spacial score (nSPS) is 12.8. The Kier molecular flexibility index (Phi) is 2.89. The van der Waals surface area contributed by atoms with E-state index >= 15 is 0 Å². The zero-order valence-corrected chi connectivity index (χ0v) is 7.48. The van der Waals surface area contributed by atoms with Crippen molar-refractivity contribution in [2.75, 3.05) is 0 Å². The molecule has 1 aromatic heterocycles. The van der Waals surface area contributed by atoms with Crippen LogP contribution in [0.25, 0.3) is 0 Å². The van der Waals surface area contributed by atoms with Gasteiger partial charge in [-0.1, -0.05) is 0 Å². The lowest BCUT2D eigenvalue weighted by molar-refractivity contribution is -0.152. The third-order valence-electron chi connectivity index (χ3n) is 1.69. The number of carboxylic acids is 1. The molecule has 16 heavy (non-hydrogen) atoms. The number of aromatic nitrogens is 2. The number of aliphatic carboxylic acids is 1. The van der Waals surface area contributed by atoms with E-state index in [9.17, 15) is 26.7 Å². The van der Waals surface area contributed by atoms with Gasteiger partial charge in [0.1, 0.15) is 12.1 Å². The monoisotopic (exact) mass is 244 g/mol. The lowest BCUT2D eigenvalue weighted by Crippen LogP contribution is -2.22. The molecule has 0 unspecified atom stereocenters. The predicted molar refractivity (Wildman–Crippen MR) is 39.7 cm³/mol. The molecular formula is C7H5F5N2O2. The summed E-state index contributed by atoms with van der Waals surface area (Å²) >= 11 is 0. The number of aromatic amines is 1. The Bertz CT molecular complexity index is 398. The second-order valence-electron chi connectivity index (χ2n) is 2.93. The summed E-state index contributed by atoms with van der Waals surface area (Å²) in [6.07, 6.45) is -6.49. The maximum absolute atomic E-state index is 13.1. The molecular weight excluding hydrogens is 239 g/mol. The molecule has 0 atom stereocenters. The van der Waals surface area contributed by atoms with Gasteiger partial charge >= 0.3 is 12.1 Å². The van der Waals surface area contributed by atoms with E-state index in [4.69, 9.17) is 5.11 Å². The number of H-pyrrole nitrogens is 1. The van der Waals surface area contributed by atoms with Crippen LogP contribution < -0.4 is 0 Å². The number of rotatable bonds is 3. The van der Waals surface area contributed by atoms with Gasteiger partial charge in [-0.2, -0.15) is 18.3 Å². The number of halogens is 5. The first-order valence-electron chi connectivity index (χ1n) is 3.85. The molecule has 0 amide bonds. The quantitative estimate of drug-likeness (QED) is 0.799. The van der Waals surface area contributed by atoms with Gasteiger partial charge in [0.25, 0.3) is 5.92 Å². The first-order chi connectivity index (χ1) is 7.14. The molecule has 0 radical (unpaired) electrons. The summed E-state index contributed by atoms with van der Waals surface area (Å²) in [7, 11) is 0. The molecule has 1 rings (SSSR count). The van der Waals surface area contributed by atoms with Gasteiger partial charge in [0.05, 0.1) is 11.8 Å². The summed E-state index contributed by atoms with van der Waals surface area (Å²) in [5, 5.41) is 12.4. The minimum absolute atomic E-state index is 0.270. The average molecular weight is 244 g/mol. The zero-order chi connectivity index (χ0) is 12.6. The van der Waals surface area contributed by atoms with Crippen LogP contribution in [0.1, 0.15) is 17.7 Å². The fourth-order valence-corrected chi connectivity index (χ4v) is 1.06. The van der Waals surface area contributed by atoms with Gasteiger partial charge in [-0.05, 0) is 0 Å². The zero-order valence-electron chi connectivity index (χ0n) is 7.48. The fraction of sp³-hybridized carbons (Fsp3) is 0.429. The van der Waals surface area contributed by atoms with Crippen molar-refractivity contribution < 1.29 is 31.9 Å². The Hall–Kier alpha value is -1.67. The molecule has 0 bridgehead atoms. The molecule has 90 valence electrons. The van der Waals surface area contributed by atoms with Crippen LogP contribution in [0, 0.1) is 0 Å². The number of hydrogen-bond acceptors (Lipinski definition) is 2. The van der Waals surface area contributed by atoms with Gasteiger partial charge in [-0.15, -0.1) is 0 Å². The van der Waals surface area contributed by atoms with Crippen LogP contribution in [0.15, 0.2) is 6.20 Å². The van der Waals surface area contributed by atoms with E-state index in [2.05, 4.69) is 5.10 Å². The predicted octanol–water partition coefficient (Wildman–Crippen LogP) is 2.00. The van der Waals surface area contributed by atoms with Crippen molar-refractivity contribution in [2.45, 2.75) is 18.5 Å². The van der Waals surface area contributed by atoms with Crippen LogP contribution in [-0.4, -0.2) is 21.3 Å². The molecule has 0 spiro atoms. The van der Waals surface area contributed by atoms with Crippen molar-refractivity contribution in [2.24, 2.45) is 0 Å². The summed E-state index contributed by atoms with van der Waals surface area (Å²) in [6, 6.07) is 0. The highest BCUT2D eigenvalue weighted by atomic mass is 19.4. The Morgan fingerprint density at radius 1 is 1.38 bits per heavy atom. The average Bonchev–Trinajstić information content (AvgIpc) is 2.46. The van der Waals surface area contributed by atoms with Crippen molar-refractivity contribution in [1.29, 1.82) is 0 Å². The molecule has 4 nitrogen and oxygen atoms in total. The van der Waals surface area contributed by atoms with E-state index in [0.29, 0.717) is 0 Å². The van der Waals surface area contributed by atoms with Crippen molar-refractivity contribution in [3.05, 3.63) is 17.5 Å². The van der Waals surface area contributed by atoms with E-state index in [0.717, 1.165) is 0 Å². The first-order valence-corrected chi connectivity index (χ1v) is 3.85. The van der Waals surface area contributed by atoms with Crippen LogP contribution in [0.5, 0.6) is 0 Å². The summed E-state index contributed by atoms with van der Waals surface area (Å²) in [4.78, 5) is 10.1. The van der Waals surface area contributed by atoms with E-state index in [1.807, 2.05) is 0 Å². The third-order valence-corrected chi connectivity index (χ3v) is 1.69. The summed E-state index contributed by atoms with van der Waals surface area (Å²) in [6.45, 7) is 0. The van der Waals surface area contributed by atoms with Crippen molar-refractivity contribution >= 4 is 5.97 Å². The molecule has 0 aliphatic rings. The molecule has 1 heterocycles. The van der Waals surface area contributed by atoms with Crippen LogP contribution >= 0.6 is 0 Å². The smallest absolute Gasteiger partial charge is 0.433 e. The number of nitrogens with zero attached hydrogens (tertiary/aromatic N) is 1. The maximum Gasteiger partial charge on any atom is 0.433 e. The van der Waals surface area contributed by atoms with E-state index in [1.165, 1.54) is 5.10 Å². The topological polar surface area (TPSA) is 66.0 Å². The number of nitrogens with one attached hydrogen (secondary N) is 1. The number of hydrogen-bond donors (Lipinski definition) is 2. The van der Waals surface area contributed by atoms with E-state index in [1.54, 1.807) is 0 Å². The molecule has 1 aromatic rings. The Morgan fingerprint density at radius 3 is 2.38 bits per heavy atom. The number of alkyl halides is 5. The highest BCUT2D eigenvalue weighted by molar-refractivity contribution is 5.68. The minimum atomic E-state index is -5.03. The SMILES string of the molecule is O=C(O)CC(F)(F)c1cn[nH]c1C(F)(F)F. The summed E-state index contributed by atoms with van der Waals surface area (Å²) < 4.78 is 62.8. The number of carbonyl (C=O) groups is 1. The molecule has 0 aliphatic carbocycles. The highest BCUT2D eigenvalue weighted by Crippen LogP contribution is 2.39. The van der Waals surface area contributed by atoms with Crippen molar-refractivity contribution in [3.8, 4) is 0 Å². The highest BCUT2D eigenvalue weighted by Gasteiger charge is 2.45. The molecule has 0 aromatic carbocycles. The second kappa shape index (κ2) is 3.72. The van der Waals surface area contributed by atoms with E-state index < -0.39 is 35.7 Å². The first kappa shape index (κ1) is 12.4. The molecule has 2 N–H and O–H groups in total. The van der Waals surface area contributed by atoms with Gasteiger partial charge < -0.3 is 5.11 Å². The van der Waals surface area contributed by atoms with E-state index in [-0.39, 0.29) is 6.20 Å². The Morgan fingerprint density at radius 2 is 1.94 bits per heavy atom. The Labute approximate surface area is 85.1 Å². The number of carboxylic acid groups (broad SMARTS) is 1. The van der Waals surface area contributed by atoms with Gasteiger partial charge in [-0.25, -0.2) is 8.78 Å². The summed E-state index contributed by atoms with van der Waals surface area (Å²) in [5.74, 6) is -6.02.